The lowest BCUT2D eigenvalue weighted by Crippen LogP contribution is -2.43. The van der Waals surface area contributed by atoms with Crippen LogP contribution in [0.4, 0.5) is 10.5 Å². The van der Waals surface area contributed by atoms with Gasteiger partial charge in [0.2, 0.25) is 5.91 Å². The minimum Gasteiger partial charge on any atom is -0.340 e. The molecule has 2 aliphatic rings. The molecule has 0 spiro atoms. The number of hydrogen-bond donors (Lipinski definition) is 2. The Kier molecular flexibility index (Phi) is 4.43. The summed E-state index contributed by atoms with van der Waals surface area (Å²) >= 11 is 0. The van der Waals surface area contributed by atoms with Gasteiger partial charge in [-0.15, -0.1) is 0 Å². The molecule has 0 radical (unpaired) electrons. The topological polar surface area (TPSA) is 98.8 Å². The van der Waals surface area contributed by atoms with Crippen molar-refractivity contribution in [2.45, 2.75) is 32.4 Å². The predicted molar refractivity (Wildman–Crippen MR) is 90.0 cm³/mol. The average molecular weight is 344 g/mol. The van der Waals surface area contributed by atoms with Crippen molar-refractivity contribution in [1.82, 2.24) is 15.5 Å². The summed E-state index contributed by atoms with van der Waals surface area (Å²) in [5.41, 5.74) is 1.07. The van der Waals surface area contributed by atoms with Gasteiger partial charge in [0.1, 0.15) is 6.04 Å². The minimum atomic E-state index is -0.827. The number of anilines is 1. The maximum absolute atomic E-state index is 12.3. The van der Waals surface area contributed by atoms with Crippen LogP contribution in [0.2, 0.25) is 0 Å². The van der Waals surface area contributed by atoms with E-state index in [4.69, 9.17) is 0 Å². The molecule has 0 aliphatic carbocycles. The SMILES string of the molecule is CC(C)N1C(=O)CC(NC(=O)c2ccc(N3CCNC3=O)cc2)C1=O. The molecule has 25 heavy (non-hydrogen) atoms. The lowest BCUT2D eigenvalue weighted by molar-refractivity contribution is -0.140. The molecule has 2 N–H and O–H groups in total. The summed E-state index contributed by atoms with van der Waals surface area (Å²) in [5.74, 6) is -1.08. The van der Waals surface area contributed by atoms with E-state index in [9.17, 15) is 19.2 Å². The van der Waals surface area contributed by atoms with Crippen molar-refractivity contribution in [1.29, 1.82) is 0 Å². The third kappa shape index (κ3) is 3.19. The van der Waals surface area contributed by atoms with Gasteiger partial charge in [0.05, 0.1) is 6.42 Å². The molecule has 2 saturated heterocycles. The molecule has 8 nitrogen and oxygen atoms in total. The lowest BCUT2D eigenvalue weighted by Gasteiger charge is -2.19. The summed E-state index contributed by atoms with van der Waals surface area (Å²) in [6.07, 6.45) is -0.0191. The fourth-order valence-electron chi connectivity index (χ4n) is 3.06. The Balaban J connectivity index is 1.67. The summed E-state index contributed by atoms with van der Waals surface area (Å²) < 4.78 is 0. The second kappa shape index (κ2) is 6.54. The number of imide groups is 1. The van der Waals surface area contributed by atoms with Crippen molar-refractivity contribution < 1.29 is 19.2 Å². The maximum atomic E-state index is 12.3. The third-order valence-corrected chi connectivity index (χ3v) is 4.30. The van der Waals surface area contributed by atoms with Crippen LogP contribution in [0.1, 0.15) is 30.6 Å². The maximum Gasteiger partial charge on any atom is 0.321 e. The van der Waals surface area contributed by atoms with Gasteiger partial charge in [-0.3, -0.25) is 24.2 Å². The highest BCUT2D eigenvalue weighted by molar-refractivity contribution is 6.08. The molecular weight excluding hydrogens is 324 g/mol. The van der Waals surface area contributed by atoms with Gasteiger partial charge in [0, 0.05) is 30.4 Å². The van der Waals surface area contributed by atoms with Crippen LogP contribution in [0.3, 0.4) is 0 Å². The van der Waals surface area contributed by atoms with Gasteiger partial charge in [0.15, 0.2) is 0 Å². The number of carbonyl (C=O) groups is 4. The highest BCUT2D eigenvalue weighted by Gasteiger charge is 2.40. The Bertz CT molecular complexity index is 729. The molecular formula is C17H20N4O4. The van der Waals surface area contributed by atoms with E-state index in [1.54, 1.807) is 43.0 Å². The van der Waals surface area contributed by atoms with E-state index in [1.807, 2.05) is 0 Å². The quantitative estimate of drug-likeness (QED) is 0.776. The molecule has 0 aromatic heterocycles. The average Bonchev–Trinajstić information content (AvgIpc) is 3.11. The van der Waals surface area contributed by atoms with Crippen molar-refractivity contribution in [2.75, 3.05) is 18.0 Å². The molecule has 2 fully saturated rings. The zero-order chi connectivity index (χ0) is 18.1. The number of nitrogens with zero attached hydrogens (tertiary/aromatic N) is 2. The molecule has 5 amide bonds. The van der Waals surface area contributed by atoms with Crippen molar-refractivity contribution in [3.05, 3.63) is 29.8 Å². The van der Waals surface area contributed by atoms with Crippen molar-refractivity contribution in [3.8, 4) is 0 Å². The van der Waals surface area contributed by atoms with Crippen LogP contribution in [-0.4, -0.2) is 53.8 Å². The first-order chi connectivity index (χ1) is 11.9. The summed E-state index contributed by atoms with van der Waals surface area (Å²) in [7, 11) is 0. The molecule has 2 heterocycles. The van der Waals surface area contributed by atoms with Crippen LogP contribution in [0, 0.1) is 0 Å². The molecule has 3 rings (SSSR count). The van der Waals surface area contributed by atoms with Crippen molar-refractivity contribution in [3.63, 3.8) is 0 Å². The molecule has 1 aromatic rings. The largest absolute Gasteiger partial charge is 0.340 e. The molecule has 0 bridgehead atoms. The normalized spacial score (nSPS) is 20.4. The summed E-state index contributed by atoms with van der Waals surface area (Å²) in [4.78, 5) is 50.9. The Hall–Kier alpha value is -2.90. The molecule has 132 valence electrons. The zero-order valence-corrected chi connectivity index (χ0v) is 14.1. The van der Waals surface area contributed by atoms with Gasteiger partial charge in [-0.25, -0.2) is 4.79 Å². The van der Waals surface area contributed by atoms with Crippen LogP contribution in [0.15, 0.2) is 24.3 Å². The number of likely N-dealkylation sites (tertiary alicyclic amines) is 1. The van der Waals surface area contributed by atoms with Crippen LogP contribution in [0.5, 0.6) is 0 Å². The number of urea groups is 1. The van der Waals surface area contributed by atoms with Crippen LogP contribution in [0.25, 0.3) is 0 Å². The number of benzene rings is 1. The Morgan fingerprint density at radius 1 is 1.20 bits per heavy atom. The number of nitrogens with one attached hydrogen (secondary N) is 2. The number of hydrogen-bond acceptors (Lipinski definition) is 4. The van der Waals surface area contributed by atoms with Gasteiger partial charge in [-0.1, -0.05) is 0 Å². The summed E-state index contributed by atoms with van der Waals surface area (Å²) in [6, 6.07) is 5.33. The second-order valence-corrected chi connectivity index (χ2v) is 6.36. The predicted octanol–water partition coefficient (Wildman–Crippen LogP) is 0.482. The highest BCUT2D eigenvalue weighted by Crippen LogP contribution is 2.19. The van der Waals surface area contributed by atoms with E-state index >= 15 is 0 Å². The smallest absolute Gasteiger partial charge is 0.321 e. The second-order valence-electron chi connectivity index (χ2n) is 6.36. The molecule has 0 saturated carbocycles. The van der Waals surface area contributed by atoms with Gasteiger partial charge < -0.3 is 10.6 Å². The first-order valence-corrected chi connectivity index (χ1v) is 8.20. The standard InChI is InChI=1S/C17H20N4O4/c1-10(2)21-14(22)9-13(16(21)24)19-15(23)11-3-5-12(6-4-11)20-8-7-18-17(20)25/h3-6,10,13H,7-9H2,1-2H3,(H,18,25)(H,19,23). The van der Waals surface area contributed by atoms with Gasteiger partial charge >= 0.3 is 6.03 Å². The van der Waals surface area contributed by atoms with E-state index in [0.717, 1.165) is 0 Å². The number of amides is 5. The Morgan fingerprint density at radius 3 is 2.40 bits per heavy atom. The zero-order valence-electron chi connectivity index (χ0n) is 14.1. The number of rotatable bonds is 4. The minimum absolute atomic E-state index is 0.0191. The molecule has 1 aromatic carbocycles. The van der Waals surface area contributed by atoms with E-state index in [0.29, 0.717) is 24.3 Å². The van der Waals surface area contributed by atoms with E-state index in [1.165, 1.54) is 4.90 Å². The van der Waals surface area contributed by atoms with Crippen molar-refractivity contribution in [2.24, 2.45) is 0 Å². The Labute approximate surface area is 145 Å². The van der Waals surface area contributed by atoms with Gasteiger partial charge in [0.25, 0.3) is 11.8 Å². The van der Waals surface area contributed by atoms with Crippen LogP contribution >= 0.6 is 0 Å². The third-order valence-electron chi connectivity index (χ3n) is 4.30. The molecule has 8 heteroatoms. The van der Waals surface area contributed by atoms with Gasteiger partial charge in [-0.2, -0.15) is 0 Å². The van der Waals surface area contributed by atoms with Crippen molar-refractivity contribution >= 4 is 29.4 Å². The van der Waals surface area contributed by atoms with E-state index in [2.05, 4.69) is 10.6 Å². The molecule has 2 aliphatic heterocycles. The highest BCUT2D eigenvalue weighted by atomic mass is 16.2. The summed E-state index contributed by atoms with van der Waals surface area (Å²) in [5, 5.41) is 5.32. The number of carbonyl (C=O) groups excluding carboxylic acids is 4. The fraction of sp³-hybridized carbons (Fsp3) is 0.412. The first-order valence-electron chi connectivity index (χ1n) is 8.20. The molecule has 1 atom stereocenters. The summed E-state index contributed by atoms with van der Waals surface area (Å²) in [6.45, 7) is 4.68. The van der Waals surface area contributed by atoms with Crippen LogP contribution < -0.4 is 15.5 Å². The van der Waals surface area contributed by atoms with Crippen LogP contribution in [-0.2, 0) is 9.59 Å². The van der Waals surface area contributed by atoms with E-state index < -0.39 is 11.9 Å². The first kappa shape index (κ1) is 16.9. The van der Waals surface area contributed by atoms with E-state index in [-0.39, 0.29) is 30.3 Å². The fourth-order valence-corrected chi connectivity index (χ4v) is 3.06. The monoisotopic (exact) mass is 344 g/mol. The van der Waals surface area contributed by atoms with Gasteiger partial charge in [-0.05, 0) is 38.1 Å². The Morgan fingerprint density at radius 2 is 1.88 bits per heavy atom. The lowest BCUT2D eigenvalue weighted by atomic mass is 10.1. The molecule has 1 unspecified atom stereocenters.